The van der Waals surface area contributed by atoms with Crippen molar-refractivity contribution in [2.24, 2.45) is 0 Å². The third kappa shape index (κ3) is 3.30. The molecule has 0 unspecified atom stereocenters. The van der Waals surface area contributed by atoms with Crippen molar-refractivity contribution >= 4 is 43.6 Å². The van der Waals surface area contributed by atoms with E-state index in [2.05, 4.69) is 42.2 Å². The highest BCUT2D eigenvalue weighted by Gasteiger charge is 2.15. The second-order valence-electron chi connectivity index (χ2n) is 4.82. The molecule has 1 N–H and O–H groups in total. The fraction of sp³-hybridized carbons (Fsp3) is 0.286. The number of halogens is 2. The second kappa shape index (κ2) is 6.10. The van der Waals surface area contributed by atoms with Crippen LogP contribution in [0.4, 0.5) is 5.82 Å². The van der Waals surface area contributed by atoms with Crippen molar-refractivity contribution in [2.45, 2.75) is 26.8 Å². The monoisotopic (exact) mass is 399 g/mol. The first-order valence-electron chi connectivity index (χ1n) is 6.19. The lowest BCUT2D eigenvalue weighted by atomic mass is 10.3. The third-order valence-electron chi connectivity index (χ3n) is 2.89. The zero-order chi connectivity index (χ0) is 14.9. The Morgan fingerprint density at radius 1 is 1.35 bits per heavy atom. The van der Waals surface area contributed by atoms with Crippen molar-refractivity contribution < 1.29 is 4.79 Å². The number of pyridine rings is 1. The van der Waals surface area contributed by atoms with E-state index in [-0.39, 0.29) is 11.9 Å². The van der Waals surface area contributed by atoms with E-state index in [1.807, 2.05) is 37.6 Å². The van der Waals surface area contributed by atoms with Crippen molar-refractivity contribution in [1.29, 1.82) is 0 Å². The van der Waals surface area contributed by atoms with Gasteiger partial charge in [-0.25, -0.2) is 4.98 Å². The van der Waals surface area contributed by atoms with Gasteiger partial charge in [0.05, 0.1) is 0 Å². The van der Waals surface area contributed by atoms with Crippen LogP contribution in [0.3, 0.4) is 0 Å². The van der Waals surface area contributed by atoms with Gasteiger partial charge in [0.15, 0.2) is 0 Å². The van der Waals surface area contributed by atoms with Gasteiger partial charge >= 0.3 is 0 Å². The van der Waals surface area contributed by atoms with Crippen LogP contribution in [0.5, 0.6) is 0 Å². The molecular formula is C14H15Br2N3O. The topological polar surface area (TPSA) is 46.9 Å². The van der Waals surface area contributed by atoms with Crippen LogP contribution in [0.1, 0.15) is 35.9 Å². The number of carbonyl (C=O) groups is 1. The Hall–Kier alpha value is -1.14. The normalized spacial score (nSPS) is 10.9. The summed E-state index contributed by atoms with van der Waals surface area (Å²) in [7, 11) is 0. The molecule has 0 aliphatic rings. The van der Waals surface area contributed by atoms with Gasteiger partial charge in [0.25, 0.3) is 5.91 Å². The van der Waals surface area contributed by atoms with Crippen LogP contribution in [0, 0.1) is 6.92 Å². The van der Waals surface area contributed by atoms with Crippen LogP contribution in [0.15, 0.2) is 33.5 Å². The Kier molecular flexibility index (Phi) is 4.65. The Bertz CT molecular complexity index is 650. The smallest absolute Gasteiger partial charge is 0.273 e. The molecule has 4 nitrogen and oxygen atoms in total. The van der Waals surface area contributed by atoms with E-state index >= 15 is 0 Å². The summed E-state index contributed by atoms with van der Waals surface area (Å²) in [6, 6.07) is 3.85. The molecule has 0 spiro atoms. The molecule has 1 amide bonds. The molecule has 2 aromatic rings. The number of nitrogens with zero attached hydrogens (tertiary/aromatic N) is 2. The fourth-order valence-corrected chi connectivity index (χ4v) is 2.50. The lowest BCUT2D eigenvalue weighted by molar-refractivity contribution is 0.101. The van der Waals surface area contributed by atoms with E-state index in [4.69, 9.17) is 0 Å². The zero-order valence-corrected chi connectivity index (χ0v) is 14.6. The van der Waals surface area contributed by atoms with Crippen LogP contribution >= 0.6 is 31.9 Å². The highest BCUT2D eigenvalue weighted by molar-refractivity contribution is 9.10. The average molecular weight is 401 g/mol. The molecule has 2 rings (SSSR count). The number of amides is 1. The lowest BCUT2D eigenvalue weighted by Crippen LogP contribution is -2.18. The summed E-state index contributed by atoms with van der Waals surface area (Å²) < 4.78 is 3.73. The van der Waals surface area contributed by atoms with Crippen molar-refractivity contribution in [2.75, 3.05) is 5.32 Å². The largest absolute Gasteiger partial charge is 0.340 e. The van der Waals surface area contributed by atoms with Crippen LogP contribution in [-0.4, -0.2) is 15.5 Å². The average Bonchev–Trinajstić information content (AvgIpc) is 2.76. The Morgan fingerprint density at radius 3 is 2.65 bits per heavy atom. The van der Waals surface area contributed by atoms with Gasteiger partial charge in [-0.15, -0.1) is 0 Å². The quantitative estimate of drug-likeness (QED) is 0.821. The first-order valence-corrected chi connectivity index (χ1v) is 7.78. The van der Waals surface area contributed by atoms with Crippen LogP contribution in [0.25, 0.3) is 0 Å². The molecule has 0 saturated carbocycles. The molecular weight excluding hydrogens is 386 g/mol. The maximum atomic E-state index is 12.3. The van der Waals surface area contributed by atoms with E-state index in [1.165, 1.54) is 0 Å². The van der Waals surface area contributed by atoms with Crippen molar-refractivity contribution in [1.82, 2.24) is 9.55 Å². The Labute approximate surface area is 134 Å². The Morgan fingerprint density at radius 2 is 2.05 bits per heavy atom. The number of hydrogen-bond donors (Lipinski definition) is 1. The molecule has 0 bridgehead atoms. The number of rotatable bonds is 3. The molecule has 0 radical (unpaired) electrons. The summed E-state index contributed by atoms with van der Waals surface area (Å²) in [4.78, 5) is 16.5. The number of hydrogen-bond acceptors (Lipinski definition) is 2. The van der Waals surface area contributed by atoms with Gasteiger partial charge in [0, 0.05) is 27.4 Å². The minimum absolute atomic E-state index is 0.168. The van der Waals surface area contributed by atoms with Crippen LogP contribution in [0.2, 0.25) is 0 Å². The molecule has 0 aromatic carbocycles. The first-order chi connectivity index (χ1) is 9.38. The summed E-state index contributed by atoms with van der Waals surface area (Å²) in [5.41, 5.74) is 1.63. The maximum Gasteiger partial charge on any atom is 0.273 e. The van der Waals surface area contributed by atoms with E-state index in [0.717, 1.165) is 14.5 Å². The standard InChI is InChI=1S/C14H15Br2N3O/c1-8(2)19-7-10(15)5-12(19)14(20)18-13-4-9(3)11(16)6-17-13/h4-8H,1-3H3,(H,17,18,20). The molecule has 2 aromatic heterocycles. The number of carbonyl (C=O) groups excluding carboxylic acids is 1. The van der Waals surface area contributed by atoms with E-state index < -0.39 is 0 Å². The van der Waals surface area contributed by atoms with Crippen LogP contribution < -0.4 is 5.32 Å². The number of aromatic nitrogens is 2. The van der Waals surface area contributed by atoms with Gasteiger partial charge in [-0.1, -0.05) is 0 Å². The minimum Gasteiger partial charge on any atom is -0.340 e. The Balaban J connectivity index is 2.26. The van der Waals surface area contributed by atoms with Crippen molar-refractivity contribution in [3.8, 4) is 0 Å². The van der Waals surface area contributed by atoms with E-state index in [9.17, 15) is 4.79 Å². The SMILES string of the molecule is Cc1cc(NC(=O)c2cc(Br)cn2C(C)C)ncc1Br. The maximum absolute atomic E-state index is 12.3. The predicted molar refractivity (Wildman–Crippen MR) is 87.1 cm³/mol. The highest BCUT2D eigenvalue weighted by atomic mass is 79.9. The molecule has 2 heterocycles. The molecule has 0 atom stereocenters. The van der Waals surface area contributed by atoms with Gasteiger partial charge in [-0.2, -0.15) is 0 Å². The minimum atomic E-state index is -0.168. The molecule has 0 aliphatic carbocycles. The predicted octanol–water partition coefficient (Wildman–Crippen LogP) is 4.55. The van der Waals surface area contributed by atoms with Gasteiger partial charge in [-0.3, -0.25) is 4.79 Å². The highest BCUT2D eigenvalue weighted by Crippen LogP contribution is 2.21. The summed E-state index contributed by atoms with van der Waals surface area (Å²) in [6.45, 7) is 6.02. The molecule has 20 heavy (non-hydrogen) atoms. The summed E-state index contributed by atoms with van der Waals surface area (Å²) in [5, 5.41) is 2.82. The van der Waals surface area contributed by atoms with Gasteiger partial charge in [0.1, 0.15) is 11.5 Å². The number of nitrogens with one attached hydrogen (secondary N) is 1. The fourth-order valence-electron chi connectivity index (χ4n) is 1.84. The van der Waals surface area contributed by atoms with Crippen molar-refractivity contribution in [3.05, 3.63) is 44.7 Å². The van der Waals surface area contributed by atoms with Gasteiger partial charge < -0.3 is 9.88 Å². The summed E-state index contributed by atoms with van der Waals surface area (Å²) in [6.07, 6.45) is 3.59. The second-order valence-corrected chi connectivity index (χ2v) is 6.59. The number of aryl methyl sites for hydroxylation is 1. The van der Waals surface area contributed by atoms with Gasteiger partial charge in [0.2, 0.25) is 0 Å². The molecule has 6 heteroatoms. The zero-order valence-electron chi connectivity index (χ0n) is 11.4. The summed E-state index contributed by atoms with van der Waals surface area (Å²) >= 11 is 6.79. The lowest BCUT2D eigenvalue weighted by Gasteiger charge is -2.12. The molecule has 106 valence electrons. The summed E-state index contributed by atoms with van der Waals surface area (Å²) in [5.74, 6) is 0.377. The van der Waals surface area contributed by atoms with Gasteiger partial charge in [-0.05, 0) is 70.3 Å². The van der Waals surface area contributed by atoms with E-state index in [0.29, 0.717) is 11.5 Å². The number of anilines is 1. The molecule has 0 aliphatic heterocycles. The third-order valence-corrected chi connectivity index (χ3v) is 4.16. The van der Waals surface area contributed by atoms with Crippen LogP contribution in [-0.2, 0) is 0 Å². The van der Waals surface area contributed by atoms with Crippen molar-refractivity contribution in [3.63, 3.8) is 0 Å². The molecule has 0 saturated heterocycles. The molecule has 0 fully saturated rings. The first kappa shape index (κ1) is 15.3. The van der Waals surface area contributed by atoms with E-state index in [1.54, 1.807) is 12.3 Å².